The van der Waals surface area contributed by atoms with E-state index in [1.54, 1.807) is 10.8 Å². The molecule has 1 amide bonds. The number of fused-ring (bicyclic) bond motifs is 5. The van der Waals surface area contributed by atoms with Crippen LogP contribution in [0.4, 0.5) is 10.1 Å². The summed E-state index contributed by atoms with van der Waals surface area (Å²) in [5.74, 6) is 0.198. The number of benzene rings is 3. The van der Waals surface area contributed by atoms with Gasteiger partial charge < -0.3 is 34.3 Å². The third-order valence-corrected chi connectivity index (χ3v) is 9.04. The normalized spacial score (nSPS) is 15.0. The van der Waals surface area contributed by atoms with Crippen molar-refractivity contribution in [2.24, 2.45) is 0 Å². The Labute approximate surface area is 273 Å². The third-order valence-electron chi connectivity index (χ3n) is 9.04. The Morgan fingerprint density at radius 2 is 1.83 bits per heavy atom. The van der Waals surface area contributed by atoms with Crippen LogP contribution in [0.25, 0.3) is 27.7 Å². The van der Waals surface area contributed by atoms with Crippen LogP contribution >= 0.6 is 0 Å². The number of carbonyl (C=O) groups excluding carboxylic acids is 1. The number of nitrogens with zero attached hydrogens (tertiary/aromatic N) is 3. The Kier molecular flexibility index (Phi) is 8.85. The number of hydrogen-bond acceptors (Lipinski definition) is 8. The Morgan fingerprint density at radius 3 is 2.66 bits per heavy atom. The van der Waals surface area contributed by atoms with Gasteiger partial charge in [-0.2, -0.15) is 0 Å². The second-order valence-electron chi connectivity index (χ2n) is 12.6. The number of ether oxygens (including phenoxy) is 3. The van der Waals surface area contributed by atoms with E-state index in [0.29, 0.717) is 42.4 Å². The minimum atomic E-state index is -0.615. The fourth-order valence-corrected chi connectivity index (χ4v) is 6.56. The zero-order valence-corrected chi connectivity index (χ0v) is 26.9. The zero-order valence-electron chi connectivity index (χ0n) is 26.9. The van der Waals surface area contributed by atoms with Crippen molar-refractivity contribution in [1.82, 2.24) is 19.7 Å². The monoisotopic (exact) mass is 641 g/mol. The van der Waals surface area contributed by atoms with Crippen LogP contribution in [0.5, 0.6) is 17.2 Å². The maximum absolute atomic E-state index is 15.9. The van der Waals surface area contributed by atoms with Crippen molar-refractivity contribution in [2.75, 3.05) is 71.9 Å². The number of carbonyl (C=O) groups is 1. The summed E-state index contributed by atoms with van der Waals surface area (Å²) in [4.78, 5) is 31.7. The summed E-state index contributed by atoms with van der Waals surface area (Å²) in [7, 11) is 4.01. The number of aromatic nitrogens is 1. The topological polar surface area (TPSA) is 97.3 Å². The molecule has 0 bridgehead atoms. The Hall–Kier alpha value is -4.45. The van der Waals surface area contributed by atoms with Crippen molar-refractivity contribution in [1.29, 1.82) is 0 Å². The van der Waals surface area contributed by atoms with E-state index in [4.69, 9.17) is 14.2 Å². The van der Waals surface area contributed by atoms with E-state index in [9.17, 15) is 9.59 Å². The minimum Gasteiger partial charge on any atom is -0.488 e. The number of nitrogens with one attached hydrogen (secondary N) is 2. The van der Waals surface area contributed by atoms with Crippen molar-refractivity contribution < 1.29 is 23.4 Å². The van der Waals surface area contributed by atoms with Gasteiger partial charge in [0.1, 0.15) is 29.1 Å². The lowest BCUT2D eigenvalue weighted by molar-refractivity contribution is 0.0378. The summed E-state index contributed by atoms with van der Waals surface area (Å²) < 4.78 is 35.7. The highest BCUT2D eigenvalue weighted by Crippen LogP contribution is 2.49. The van der Waals surface area contributed by atoms with E-state index in [0.717, 1.165) is 75.3 Å². The van der Waals surface area contributed by atoms with Crippen molar-refractivity contribution >= 4 is 22.5 Å². The number of halogens is 1. The highest BCUT2D eigenvalue weighted by molar-refractivity contribution is 6.01. The molecule has 0 unspecified atom stereocenters. The molecule has 4 heterocycles. The molecule has 0 radical (unpaired) electrons. The maximum Gasteiger partial charge on any atom is 0.256 e. The largest absolute Gasteiger partial charge is 0.488 e. The number of anilines is 1. The molecule has 0 atom stereocenters. The molecule has 1 fully saturated rings. The number of rotatable bonds is 11. The molecule has 0 saturated carbocycles. The lowest BCUT2D eigenvalue weighted by Gasteiger charge is -2.29. The van der Waals surface area contributed by atoms with E-state index in [1.165, 1.54) is 6.07 Å². The number of unbranched alkanes of at least 4 members (excludes halogenated alkanes) is 1. The second kappa shape index (κ2) is 13.3. The quantitative estimate of drug-likeness (QED) is 0.195. The van der Waals surface area contributed by atoms with E-state index >= 15 is 4.39 Å². The van der Waals surface area contributed by atoms with Crippen LogP contribution in [0, 0.1) is 5.82 Å². The molecular formula is C36H40FN5O5. The van der Waals surface area contributed by atoms with E-state index in [-0.39, 0.29) is 22.4 Å². The van der Waals surface area contributed by atoms with Gasteiger partial charge in [0.2, 0.25) is 5.43 Å². The van der Waals surface area contributed by atoms with Gasteiger partial charge in [0, 0.05) is 44.0 Å². The number of hydrogen-bond donors (Lipinski definition) is 2. The highest BCUT2D eigenvalue weighted by atomic mass is 19.1. The molecule has 1 aromatic heterocycles. The molecule has 3 aliphatic rings. The highest BCUT2D eigenvalue weighted by Gasteiger charge is 2.31. The average molecular weight is 642 g/mol. The van der Waals surface area contributed by atoms with Crippen LogP contribution in [0.15, 0.2) is 53.5 Å². The lowest BCUT2D eigenvalue weighted by atomic mass is 9.95. The van der Waals surface area contributed by atoms with Crippen LogP contribution < -0.4 is 25.5 Å². The molecular weight excluding hydrogens is 601 g/mol. The van der Waals surface area contributed by atoms with Gasteiger partial charge in [-0.25, -0.2) is 4.39 Å². The third kappa shape index (κ3) is 6.18. The van der Waals surface area contributed by atoms with E-state index in [1.807, 2.05) is 50.5 Å². The molecule has 1 saturated heterocycles. The molecule has 3 aromatic carbocycles. The smallest absolute Gasteiger partial charge is 0.256 e. The molecule has 3 aliphatic heterocycles. The van der Waals surface area contributed by atoms with Gasteiger partial charge in [0.05, 0.1) is 24.3 Å². The first kappa shape index (κ1) is 31.2. The fourth-order valence-electron chi connectivity index (χ4n) is 6.56. The summed E-state index contributed by atoms with van der Waals surface area (Å²) in [6.07, 6.45) is 4.03. The van der Waals surface area contributed by atoms with Gasteiger partial charge in [0.15, 0.2) is 17.3 Å². The maximum atomic E-state index is 15.9. The number of amides is 1. The average Bonchev–Trinajstić information content (AvgIpc) is 3.08. The minimum absolute atomic E-state index is 0.0519. The molecule has 11 heteroatoms. The SMILES string of the molecule is CN(C)CCCCNC(=O)c1cn2c3c(c(NCCCN4CCOCC4)c(F)cc3c1=O)Oc1cc3c(cc1-2)-c1ccccc1CO3. The second-order valence-corrected chi connectivity index (χ2v) is 12.6. The van der Waals surface area contributed by atoms with Gasteiger partial charge in [-0.1, -0.05) is 24.3 Å². The predicted octanol–water partition coefficient (Wildman–Crippen LogP) is 5.00. The standard InChI is InChI=1S/C36H40FN5O5/c1-40(2)12-6-5-10-39-36(44)27-21-42-29-19-25-24-9-4-3-8-23(24)22-46-30(25)20-31(29)47-35-32(28(37)18-26(33(35)42)34(27)43)38-11-7-13-41-14-16-45-17-15-41/h3-4,8-9,18-21,38H,5-7,10-17,22H2,1-2H3,(H,39,44). The van der Waals surface area contributed by atoms with Gasteiger partial charge in [-0.3, -0.25) is 14.5 Å². The molecule has 0 aliphatic carbocycles. The Morgan fingerprint density at radius 1 is 1.00 bits per heavy atom. The van der Waals surface area contributed by atoms with Crippen molar-refractivity contribution in [2.45, 2.75) is 25.9 Å². The van der Waals surface area contributed by atoms with E-state index in [2.05, 4.69) is 20.4 Å². The van der Waals surface area contributed by atoms with Gasteiger partial charge in [0.25, 0.3) is 5.91 Å². The summed E-state index contributed by atoms with van der Waals surface area (Å²) in [5, 5.41) is 6.23. The Bertz CT molecular complexity index is 1880. The number of morpholine rings is 1. The summed E-state index contributed by atoms with van der Waals surface area (Å²) >= 11 is 0. The molecule has 2 N–H and O–H groups in total. The Balaban J connectivity index is 1.28. The van der Waals surface area contributed by atoms with Gasteiger partial charge >= 0.3 is 0 Å². The molecule has 7 rings (SSSR count). The molecule has 0 spiro atoms. The van der Waals surface area contributed by atoms with E-state index < -0.39 is 17.2 Å². The summed E-state index contributed by atoms with van der Waals surface area (Å²) in [6, 6.07) is 13.0. The van der Waals surface area contributed by atoms with Gasteiger partial charge in [-0.05, 0) is 69.7 Å². The zero-order chi connectivity index (χ0) is 32.5. The molecule has 4 aromatic rings. The van der Waals surface area contributed by atoms with Crippen LogP contribution in [0.2, 0.25) is 0 Å². The van der Waals surface area contributed by atoms with Crippen molar-refractivity contribution in [3.8, 4) is 34.1 Å². The van der Waals surface area contributed by atoms with Gasteiger partial charge in [-0.15, -0.1) is 0 Å². The number of pyridine rings is 1. The molecule has 47 heavy (non-hydrogen) atoms. The molecule has 246 valence electrons. The van der Waals surface area contributed by atoms with Crippen LogP contribution in [0.3, 0.4) is 0 Å². The predicted molar refractivity (Wildman–Crippen MR) is 180 cm³/mol. The van der Waals surface area contributed by atoms with Crippen molar-refractivity contribution in [3.05, 3.63) is 75.8 Å². The van der Waals surface area contributed by atoms with Crippen molar-refractivity contribution in [3.63, 3.8) is 0 Å². The summed E-state index contributed by atoms with van der Waals surface area (Å²) in [5.41, 5.74) is 3.60. The molecule has 10 nitrogen and oxygen atoms in total. The van der Waals surface area contributed by atoms with Crippen LogP contribution in [-0.2, 0) is 11.3 Å². The first-order valence-corrected chi connectivity index (χ1v) is 16.3. The van der Waals surface area contributed by atoms with Crippen LogP contribution in [0.1, 0.15) is 35.2 Å². The summed E-state index contributed by atoms with van der Waals surface area (Å²) in [6.45, 7) is 6.31. The fraction of sp³-hybridized carbons (Fsp3) is 0.389. The first-order chi connectivity index (χ1) is 22.9. The van der Waals surface area contributed by atoms with Crippen LogP contribution in [-0.4, -0.2) is 86.9 Å². The first-order valence-electron chi connectivity index (χ1n) is 16.3. The lowest BCUT2D eigenvalue weighted by Crippen LogP contribution is -2.37.